The lowest BCUT2D eigenvalue weighted by atomic mass is 9.79. The molecule has 1 aliphatic carbocycles. The van der Waals surface area contributed by atoms with Crippen molar-refractivity contribution in [2.24, 2.45) is 17.6 Å². The molecule has 2 N–H and O–H groups in total. The van der Waals surface area contributed by atoms with Crippen LogP contribution < -0.4 is 5.73 Å². The van der Waals surface area contributed by atoms with Crippen LogP contribution in [-0.4, -0.2) is 37.6 Å². The first kappa shape index (κ1) is 16.2. The molecule has 3 unspecified atom stereocenters. The van der Waals surface area contributed by atoms with Crippen molar-refractivity contribution in [1.82, 2.24) is 4.31 Å². The Labute approximate surface area is 124 Å². The van der Waals surface area contributed by atoms with E-state index < -0.39 is 10.0 Å². The Morgan fingerprint density at radius 2 is 1.95 bits per heavy atom. The average molecular weight is 302 g/mol. The van der Waals surface area contributed by atoms with Crippen molar-refractivity contribution < 1.29 is 8.42 Å². The highest BCUT2D eigenvalue weighted by atomic mass is 32.2. The van der Waals surface area contributed by atoms with Gasteiger partial charge in [0.15, 0.2) is 0 Å². The number of rotatable bonds is 3. The van der Waals surface area contributed by atoms with Crippen LogP contribution in [0.4, 0.5) is 0 Å². The Kier molecular flexibility index (Phi) is 5.14. The molecule has 3 atom stereocenters. The molecule has 0 amide bonds. The second-order valence-electron chi connectivity index (χ2n) is 7.23. The summed E-state index contributed by atoms with van der Waals surface area (Å²) in [5.74, 6) is 1.23. The fourth-order valence-electron chi connectivity index (χ4n) is 3.88. The molecule has 0 bridgehead atoms. The molecule has 0 radical (unpaired) electrons. The zero-order valence-corrected chi connectivity index (χ0v) is 13.8. The Hall–Kier alpha value is -0.130. The number of hydrogen-bond acceptors (Lipinski definition) is 3. The predicted molar refractivity (Wildman–Crippen MR) is 82.9 cm³/mol. The molecule has 1 saturated carbocycles. The van der Waals surface area contributed by atoms with Crippen LogP contribution >= 0.6 is 0 Å². The average Bonchev–Trinajstić information content (AvgIpc) is 2.51. The van der Waals surface area contributed by atoms with Crippen LogP contribution in [0.1, 0.15) is 58.3 Å². The maximum atomic E-state index is 11.7. The third-order valence-corrected chi connectivity index (χ3v) is 6.42. The maximum absolute atomic E-state index is 11.7. The van der Waals surface area contributed by atoms with Gasteiger partial charge in [-0.2, -0.15) is 0 Å². The van der Waals surface area contributed by atoms with E-state index in [4.69, 9.17) is 5.73 Å². The maximum Gasteiger partial charge on any atom is 0.211 e. The molecule has 1 aliphatic heterocycles. The van der Waals surface area contributed by atoms with Crippen LogP contribution in [0, 0.1) is 11.8 Å². The van der Waals surface area contributed by atoms with Gasteiger partial charge in [-0.3, -0.25) is 0 Å². The van der Waals surface area contributed by atoms with Crippen LogP contribution in [0.15, 0.2) is 0 Å². The first-order valence-corrected chi connectivity index (χ1v) is 9.87. The molecule has 0 spiro atoms. The van der Waals surface area contributed by atoms with Gasteiger partial charge in [-0.15, -0.1) is 0 Å². The summed E-state index contributed by atoms with van der Waals surface area (Å²) < 4.78 is 25.0. The fraction of sp³-hybridized carbons (Fsp3) is 1.00. The zero-order valence-electron chi connectivity index (χ0n) is 13.0. The van der Waals surface area contributed by atoms with Gasteiger partial charge in [0, 0.05) is 18.6 Å². The molecule has 2 aliphatic rings. The Morgan fingerprint density at radius 1 is 1.20 bits per heavy atom. The first-order chi connectivity index (χ1) is 9.28. The van der Waals surface area contributed by atoms with Crippen LogP contribution in [-0.2, 0) is 10.0 Å². The normalized spacial score (nSPS) is 37.5. The van der Waals surface area contributed by atoms with Crippen molar-refractivity contribution in [1.29, 1.82) is 0 Å². The lowest BCUT2D eigenvalue weighted by Crippen LogP contribution is -2.46. The van der Waals surface area contributed by atoms with Crippen LogP contribution in [0.25, 0.3) is 0 Å². The van der Waals surface area contributed by atoms with E-state index >= 15 is 0 Å². The highest BCUT2D eigenvalue weighted by Crippen LogP contribution is 2.35. The van der Waals surface area contributed by atoms with Crippen molar-refractivity contribution >= 4 is 10.0 Å². The SMILES string of the molecule is CC1CCCC(N)(CC2CCCN(S(C)(=O)=O)C2)CC1. The molecule has 2 fully saturated rings. The van der Waals surface area contributed by atoms with Gasteiger partial charge >= 0.3 is 0 Å². The molecule has 2 rings (SSSR count). The Balaban J connectivity index is 1.94. The lowest BCUT2D eigenvalue weighted by Gasteiger charge is -2.37. The van der Waals surface area contributed by atoms with Crippen molar-refractivity contribution in [3.8, 4) is 0 Å². The molecule has 5 heteroatoms. The highest BCUT2D eigenvalue weighted by molar-refractivity contribution is 7.88. The quantitative estimate of drug-likeness (QED) is 0.814. The van der Waals surface area contributed by atoms with E-state index in [1.807, 2.05) is 0 Å². The summed E-state index contributed by atoms with van der Waals surface area (Å²) in [4.78, 5) is 0. The van der Waals surface area contributed by atoms with E-state index in [1.165, 1.54) is 25.5 Å². The molecule has 0 aromatic heterocycles. The van der Waals surface area contributed by atoms with Crippen molar-refractivity contribution in [2.75, 3.05) is 19.3 Å². The van der Waals surface area contributed by atoms with Gasteiger partial charge in [-0.25, -0.2) is 12.7 Å². The standard InChI is InChI=1S/C15H30N2O2S/c1-13-5-3-8-15(16,9-7-13)11-14-6-4-10-17(12-14)20(2,18)19/h13-14H,3-12,16H2,1-2H3. The van der Waals surface area contributed by atoms with E-state index in [0.717, 1.165) is 38.0 Å². The molecule has 20 heavy (non-hydrogen) atoms. The number of nitrogens with zero attached hydrogens (tertiary/aromatic N) is 1. The van der Waals surface area contributed by atoms with Crippen LogP contribution in [0.3, 0.4) is 0 Å². The summed E-state index contributed by atoms with van der Waals surface area (Å²) in [6, 6.07) is 0. The highest BCUT2D eigenvalue weighted by Gasteiger charge is 2.34. The van der Waals surface area contributed by atoms with E-state index in [0.29, 0.717) is 19.0 Å². The topological polar surface area (TPSA) is 63.4 Å². The first-order valence-electron chi connectivity index (χ1n) is 8.02. The molecule has 0 aromatic carbocycles. The second kappa shape index (κ2) is 6.32. The van der Waals surface area contributed by atoms with E-state index in [2.05, 4.69) is 6.92 Å². The molecule has 1 heterocycles. The van der Waals surface area contributed by atoms with Crippen molar-refractivity contribution in [2.45, 2.75) is 63.8 Å². The summed E-state index contributed by atoms with van der Waals surface area (Å²) in [7, 11) is -3.04. The Bertz CT molecular complexity index is 424. The van der Waals surface area contributed by atoms with E-state index in [9.17, 15) is 8.42 Å². The smallest absolute Gasteiger partial charge is 0.211 e. The molecule has 4 nitrogen and oxygen atoms in total. The molecule has 1 saturated heterocycles. The van der Waals surface area contributed by atoms with Crippen LogP contribution in [0.2, 0.25) is 0 Å². The lowest BCUT2D eigenvalue weighted by molar-refractivity contribution is 0.201. The third-order valence-electron chi connectivity index (χ3n) is 5.15. The fourth-order valence-corrected chi connectivity index (χ4v) is 4.82. The largest absolute Gasteiger partial charge is 0.325 e. The second-order valence-corrected chi connectivity index (χ2v) is 9.21. The number of hydrogen-bond donors (Lipinski definition) is 1. The summed E-state index contributed by atoms with van der Waals surface area (Å²) in [6.45, 7) is 3.68. The van der Waals surface area contributed by atoms with Gasteiger partial charge < -0.3 is 5.73 Å². The van der Waals surface area contributed by atoms with Gasteiger partial charge in [0.05, 0.1) is 6.26 Å². The number of nitrogens with two attached hydrogens (primary N) is 1. The molecular formula is C15H30N2O2S. The van der Waals surface area contributed by atoms with E-state index in [1.54, 1.807) is 4.31 Å². The summed E-state index contributed by atoms with van der Waals surface area (Å²) in [5, 5.41) is 0. The Morgan fingerprint density at radius 3 is 2.65 bits per heavy atom. The summed E-state index contributed by atoms with van der Waals surface area (Å²) >= 11 is 0. The van der Waals surface area contributed by atoms with Crippen molar-refractivity contribution in [3.05, 3.63) is 0 Å². The van der Waals surface area contributed by atoms with Gasteiger partial charge in [-0.05, 0) is 50.4 Å². The monoisotopic (exact) mass is 302 g/mol. The third kappa shape index (κ3) is 4.43. The van der Waals surface area contributed by atoms with Gasteiger partial charge in [0.25, 0.3) is 0 Å². The van der Waals surface area contributed by atoms with Gasteiger partial charge in [0.1, 0.15) is 0 Å². The molecule has 0 aromatic rings. The minimum Gasteiger partial charge on any atom is -0.325 e. The number of piperidine rings is 1. The summed E-state index contributed by atoms with van der Waals surface area (Å²) in [5.41, 5.74) is 6.58. The summed E-state index contributed by atoms with van der Waals surface area (Å²) in [6.07, 6.45) is 10.4. The molecule has 118 valence electrons. The minimum atomic E-state index is -3.04. The predicted octanol–water partition coefficient (Wildman–Crippen LogP) is 2.35. The molecular weight excluding hydrogens is 272 g/mol. The van der Waals surface area contributed by atoms with Crippen molar-refractivity contribution in [3.63, 3.8) is 0 Å². The number of sulfonamides is 1. The zero-order chi connectivity index (χ0) is 14.8. The van der Waals surface area contributed by atoms with Gasteiger partial charge in [0.2, 0.25) is 10.0 Å². The van der Waals surface area contributed by atoms with Gasteiger partial charge in [-0.1, -0.05) is 19.8 Å². The minimum absolute atomic E-state index is 0.0596. The van der Waals surface area contributed by atoms with E-state index in [-0.39, 0.29) is 5.54 Å². The van der Waals surface area contributed by atoms with Crippen LogP contribution in [0.5, 0.6) is 0 Å².